The van der Waals surface area contributed by atoms with E-state index in [2.05, 4.69) is 31.9 Å². The molecule has 4 nitrogen and oxygen atoms in total. The van der Waals surface area contributed by atoms with Gasteiger partial charge in [-0.05, 0) is 31.2 Å². The van der Waals surface area contributed by atoms with Crippen LogP contribution in [-0.2, 0) is 0 Å². The molecule has 17 heavy (non-hydrogen) atoms. The van der Waals surface area contributed by atoms with Crippen LogP contribution in [0.3, 0.4) is 0 Å². The van der Waals surface area contributed by atoms with Crippen LogP contribution in [0.5, 0.6) is 0 Å². The van der Waals surface area contributed by atoms with Crippen molar-refractivity contribution >= 4 is 23.0 Å². The Morgan fingerprint density at radius 2 is 1.65 bits per heavy atom. The first-order chi connectivity index (χ1) is 8.18. The summed E-state index contributed by atoms with van der Waals surface area (Å²) in [6, 6.07) is 8.12. The van der Waals surface area contributed by atoms with Gasteiger partial charge in [-0.25, -0.2) is 9.97 Å². The molecule has 1 aliphatic rings. The maximum atomic E-state index is 4.60. The number of aryl methyl sites for hydroxylation is 1. The van der Waals surface area contributed by atoms with Gasteiger partial charge in [0.05, 0.1) is 11.4 Å². The van der Waals surface area contributed by atoms with Crippen LogP contribution in [0.2, 0.25) is 0 Å². The molecule has 0 N–H and O–H groups in total. The number of pyridine rings is 2. The summed E-state index contributed by atoms with van der Waals surface area (Å²) in [7, 11) is 4.05. The molecule has 0 bridgehead atoms. The normalized spacial score (nSPS) is 13.4. The lowest BCUT2D eigenvalue weighted by molar-refractivity contribution is 1.00. The van der Waals surface area contributed by atoms with E-state index >= 15 is 0 Å². The van der Waals surface area contributed by atoms with Gasteiger partial charge in [-0.1, -0.05) is 0 Å². The van der Waals surface area contributed by atoms with Gasteiger partial charge in [-0.3, -0.25) is 0 Å². The molecule has 0 amide bonds. The average Bonchev–Trinajstić information content (AvgIpc) is 2.36. The van der Waals surface area contributed by atoms with Gasteiger partial charge in [0.1, 0.15) is 0 Å². The summed E-state index contributed by atoms with van der Waals surface area (Å²) in [5, 5.41) is 0. The van der Waals surface area contributed by atoms with Crippen LogP contribution in [0.15, 0.2) is 30.5 Å². The van der Waals surface area contributed by atoms with Crippen LogP contribution < -0.4 is 9.80 Å². The van der Waals surface area contributed by atoms with Gasteiger partial charge in [0, 0.05) is 26.0 Å². The van der Waals surface area contributed by atoms with Gasteiger partial charge < -0.3 is 9.80 Å². The monoisotopic (exact) mass is 226 g/mol. The molecule has 0 aromatic carbocycles. The Morgan fingerprint density at radius 1 is 0.941 bits per heavy atom. The standard InChI is InChI=1S/C13H14N4/c1-9-6-7-11-13(15-9)17(3)10-5-4-8-14-12(10)16(11)2/h4-8H,1-3H3. The van der Waals surface area contributed by atoms with Gasteiger partial charge in [0.25, 0.3) is 0 Å². The Hall–Kier alpha value is -2.10. The number of hydrogen-bond donors (Lipinski definition) is 0. The van der Waals surface area contributed by atoms with E-state index < -0.39 is 0 Å². The highest BCUT2D eigenvalue weighted by molar-refractivity contribution is 5.88. The number of fused-ring (bicyclic) bond motifs is 2. The summed E-state index contributed by atoms with van der Waals surface area (Å²) < 4.78 is 0. The fraction of sp³-hybridized carbons (Fsp3) is 0.231. The van der Waals surface area contributed by atoms with Crippen LogP contribution in [0.4, 0.5) is 23.0 Å². The first kappa shape index (κ1) is 10.1. The maximum Gasteiger partial charge on any atom is 0.157 e. The zero-order chi connectivity index (χ0) is 12.0. The third kappa shape index (κ3) is 1.37. The molecule has 0 saturated heterocycles. The molecule has 1 aliphatic heterocycles. The third-order valence-corrected chi connectivity index (χ3v) is 3.12. The highest BCUT2D eigenvalue weighted by Gasteiger charge is 2.25. The molecule has 0 atom stereocenters. The molecular formula is C13H14N4. The van der Waals surface area contributed by atoms with Crippen molar-refractivity contribution in [3.63, 3.8) is 0 Å². The molecule has 0 radical (unpaired) electrons. The summed E-state index contributed by atoms with van der Waals surface area (Å²) in [5.41, 5.74) is 3.20. The molecule has 2 aromatic heterocycles. The van der Waals surface area contributed by atoms with E-state index in [4.69, 9.17) is 0 Å². The lowest BCUT2D eigenvalue weighted by atomic mass is 10.2. The van der Waals surface area contributed by atoms with Crippen molar-refractivity contribution in [3.05, 3.63) is 36.2 Å². The van der Waals surface area contributed by atoms with Gasteiger partial charge in [0.2, 0.25) is 0 Å². The summed E-state index contributed by atoms with van der Waals surface area (Å²) in [4.78, 5) is 13.2. The second-order valence-electron chi connectivity index (χ2n) is 4.26. The predicted molar refractivity (Wildman–Crippen MR) is 69.3 cm³/mol. The molecule has 0 fully saturated rings. The molecule has 0 unspecified atom stereocenters. The summed E-state index contributed by atoms with van der Waals surface area (Å²) in [6.45, 7) is 2.01. The Bertz CT molecular complexity index is 579. The maximum absolute atomic E-state index is 4.60. The van der Waals surface area contributed by atoms with E-state index in [9.17, 15) is 0 Å². The molecule has 0 spiro atoms. The van der Waals surface area contributed by atoms with Crippen LogP contribution in [0, 0.1) is 6.92 Å². The fourth-order valence-electron chi connectivity index (χ4n) is 2.18. The van der Waals surface area contributed by atoms with Gasteiger partial charge in [-0.15, -0.1) is 0 Å². The van der Waals surface area contributed by atoms with Crippen molar-refractivity contribution in [3.8, 4) is 0 Å². The number of aromatic nitrogens is 2. The van der Waals surface area contributed by atoms with E-state index in [-0.39, 0.29) is 0 Å². The molecular weight excluding hydrogens is 212 g/mol. The minimum atomic E-state index is 0.966. The first-order valence-corrected chi connectivity index (χ1v) is 5.58. The van der Waals surface area contributed by atoms with Crippen molar-refractivity contribution in [2.75, 3.05) is 23.9 Å². The van der Waals surface area contributed by atoms with Crippen molar-refractivity contribution < 1.29 is 0 Å². The van der Waals surface area contributed by atoms with E-state index in [1.165, 1.54) is 0 Å². The number of anilines is 4. The van der Waals surface area contributed by atoms with Crippen LogP contribution in [-0.4, -0.2) is 24.1 Å². The topological polar surface area (TPSA) is 32.3 Å². The Balaban J connectivity index is 2.25. The van der Waals surface area contributed by atoms with Gasteiger partial charge in [-0.2, -0.15) is 0 Å². The summed E-state index contributed by atoms with van der Waals surface area (Å²) in [5.74, 6) is 1.95. The van der Waals surface area contributed by atoms with Crippen LogP contribution in [0.25, 0.3) is 0 Å². The van der Waals surface area contributed by atoms with Gasteiger partial charge >= 0.3 is 0 Å². The Morgan fingerprint density at radius 3 is 2.47 bits per heavy atom. The zero-order valence-electron chi connectivity index (χ0n) is 10.2. The van der Waals surface area contributed by atoms with Crippen molar-refractivity contribution in [1.82, 2.24) is 9.97 Å². The Kier molecular flexibility index (Phi) is 2.04. The highest BCUT2D eigenvalue weighted by Crippen LogP contribution is 2.43. The highest BCUT2D eigenvalue weighted by atomic mass is 15.3. The van der Waals surface area contributed by atoms with E-state index in [1.54, 1.807) is 0 Å². The summed E-state index contributed by atoms with van der Waals surface area (Å²) >= 11 is 0. The molecule has 3 heterocycles. The fourth-order valence-corrected chi connectivity index (χ4v) is 2.18. The van der Waals surface area contributed by atoms with Crippen LogP contribution in [0.1, 0.15) is 5.69 Å². The molecule has 2 aromatic rings. The van der Waals surface area contributed by atoms with E-state index in [0.29, 0.717) is 0 Å². The SMILES string of the molecule is Cc1ccc2c(n1)N(C)c1cccnc1N2C. The molecule has 0 aliphatic carbocycles. The van der Waals surface area contributed by atoms with Crippen molar-refractivity contribution in [2.24, 2.45) is 0 Å². The quantitative estimate of drug-likeness (QED) is 0.691. The number of rotatable bonds is 0. The molecule has 86 valence electrons. The minimum Gasteiger partial charge on any atom is -0.325 e. The van der Waals surface area contributed by atoms with Gasteiger partial charge in [0.15, 0.2) is 11.6 Å². The lowest BCUT2D eigenvalue weighted by Gasteiger charge is -2.34. The van der Waals surface area contributed by atoms with Crippen molar-refractivity contribution in [2.45, 2.75) is 6.92 Å². The smallest absolute Gasteiger partial charge is 0.157 e. The molecule has 0 saturated carbocycles. The zero-order valence-corrected chi connectivity index (χ0v) is 10.2. The number of hydrogen-bond acceptors (Lipinski definition) is 4. The number of nitrogens with zero attached hydrogens (tertiary/aromatic N) is 4. The average molecular weight is 226 g/mol. The second kappa shape index (κ2) is 3.45. The molecule has 4 heteroatoms. The first-order valence-electron chi connectivity index (χ1n) is 5.58. The third-order valence-electron chi connectivity index (χ3n) is 3.12. The van der Waals surface area contributed by atoms with Crippen molar-refractivity contribution in [1.29, 1.82) is 0 Å². The van der Waals surface area contributed by atoms with Crippen LogP contribution >= 0.6 is 0 Å². The second-order valence-corrected chi connectivity index (χ2v) is 4.26. The van der Waals surface area contributed by atoms with E-state index in [0.717, 1.165) is 28.7 Å². The molecule has 3 rings (SSSR count). The summed E-state index contributed by atoms with van der Waals surface area (Å²) in [6.07, 6.45) is 1.82. The minimum absolute atomic E-state index is 0.966. The lowest BCUT2D eigenvalue weighted by Crippen LogP contribution is -2.26. The van der Waals surface area contributed by atoms with E-state index in [1.807, 2.05) is 39.3 Å². The predicted octanol–water partition coefficient (Wildman–Crippen LogP) is 2.63. The largest absolute Gasteiger partial charge is 0.325 e. The Labute approximate surface area is 101 Å².